The lowest BCUT2D eigenvalue weighted by molar-refractivity contribution is -0.172. The van der Waals surface area contributed by atoms with Crippen LogP contribution < -0.4 is 11.5 Å². The summed E-state index contributed by atoms with van der Waals surface area (Å²) in [7, 11) is 0. The first-order chi connectivity index (χ1) is 10.4. The van der Waals surface area contributed by atoms with Gasteiger partial charge in [-0.1, -0.05) is 6.07 Å². The lowest BCUT2D eigenvalue weighted by Crippen LogP contribution is -2.32. The van der Waals surface area contributed by atoms with Crippen LogP contribution in [0.1, 0.15) is 34.3 Å². The fourth-order valence-corrected chi connectivity index (χ4v) is 2.05. The highest BCUT2D eigenvalue weighted by atomic mass is 16.7. The molecule has 0 spiro atoms. The number of hydrogen-bond acceptors (Lipinski definition) is 5. The number of nitrogens with zero attached hydrogens (tertiary/aromatic N) is 2. The molecule has 2 rings (SSSR count). The van der Waals surface area contributed by atoms with E-state index < -0.39 is 17.8 Å². The van der Waals surface area contributed by atoms with E-state index in [4.69, 9.17) is 16.3 Å². The van der Waals surface area contributed by atoms with Crippen LogP contribution >= 0.6 is 0 Å². The van der Waals surface area contributed by atoms with Crippen molar-refractivity contribution in [3.05, 3.63) is 34.9 Å². The van der Waals surface area contributed by atoms with Crippen molar-refractivity contribution < 1.29 is 19.2 Å². The highest BCUT2D eigenvalue weighted by molar-refractivity contribution is 6.02. The van der Waals surface area contributed by atoms with Gasteiger partial charge in [0.1, 0.15) is 0 Å². The van der Waals surface area contributed by atoms with E-state index in [9.17, 15) is 14.4 Å². The molecule has 4 N–H and O–H groups in total. The third-order valence-electron chi connectivity index (χ3n) is 3.00. The standard InChI is InChI=1S/C14H16N4O4/c1-8-4-9(7-17-14(15)16)6-10(5-8)13(21)22-18-11(19)2-3-12(18)20/h4-6H,2-3,7H2,1H3,(H4,15,16,17). The minimum absolute atomic E-state index is 0.0513. The summed E-state index contributed by atoms with van der Waals surface area (Å²) >= 11 is 0. The normalized spacial score (nSPS) is 14.1. The highest BCUT2D eigenvalue weighted by Gasteiger charge is 2.33. The minimum Gasteiger partial charge on any atom is -0.370 e. The van der Waals surface area contributed by atoms with Crippen molar-refractivity contribution in [3.63, 3.8) is 0 Å². The quantitative estimate of drug-likeness (QED) is 0.457. The SMILES string of the molecule is Cc1cc(CN=C(N)N)cc(C(=O)ON2C(=O)CCC2=O)c1. The van der Waals surface area contributed by atoms with Gasteiger partial charge in [-0.15, -0.1) is 5.06 Å². The molecule has 8 nitrogen and oxygen atoms in total. The van der Waals surface area contributed by atoms with Gasteiger partial charge in [0.15, 0.2) is 5.96 Å². The molecular weight excluding hydrogens is 288 g/mol. The molecule has 0 bridgehead atoms. The van der Waals surface area contributed by atoms with Crippen LogP contribution in [-0.4, -0.2) is 28.8 Å². The number of carbonyl (C=O) groups excluding carboxylic acids is 3. The molecular formula is C14H16N4O4. The lowest BCUT2D eigenvalue weighted by atomic mass is 10.1. The van der Waals surface area contributed by atoms with Crippen LogP contribution in [0, 0.1) is 6.92 Å². The third-order valence-corrected chi connectivity index (χ3v) is 3.00. The molecule has 0 aromatic heterocycles. The monoisotopic (exact) mass is 304 g/mol. The van der Waals surface area contributed by atoms with Crippen molar-refractivity contribution in [2.45, 2.75) is 26.3 Å². The second-order valence-corrected chi connectivity index (χ2v) is 4.91. The molecule has 1 fully saturated rings. The second kappa shape index (κ2) is 6.25. The molecule has 0 aliphatic carbocycles. The number of rotatable bonds is 4. The smallest absolute Gasteiger partial charge is 0.363 e. The topological polar surface area (TPSA) is 128 Å². The van der Waals surface area contributed by atoms with E-state index in [0.717, 1.165) is 5.56 Å². The Morgan fingerprint density at radius 2 is 1.86 bits per heavy atom. The minimum atomic E-state index is -0.779. The molecule has 116 valence electrons. The van der Waals surface area contributed by atoms with Gasteiger partial charge in [0.2, 0.25) is 0 Å². The maximum absolute atomic E-state index is 12.1. The predicted octanol–water partition coefficient (Wildman–Crippen LogP) is -0.0108. The van der Waals surface area contributed by atoms with Gasteiger partial charge >= 0.3 is 5.97 Å². The van der Waals surface area contributed by atoms with Crippen molar-refractivity contribution in [3.8, 4) is 0 Å². The van der Waals surface area contributed by atoms with Gasteiger partial charge in [0.25, 0.3) is 11.8 Å². The van der Waals surface area contributed by atoms with Gasteiger partial charge in [0.05, 0.1) is 12.1 Å². The van der Waals surface area contributed by atoms with Gasteiger partial charge in [-0.2, -0.15) is 0 Å². The van der Waals surface area contributed by atoms with E-state index in [0.29, 0.717) is 10.6 Å². The maximum atomic E-state index is 12.1. The Bertz CT molecular complexity index is 649. The van der Waals surface area contributed by atoms with Gasteiger partial charge in [-0.25, -0.2) is 9.79 Å². The van der Waals surface area contributed by atoms with E-state index >= 15 is 0 Å². The van der Waals surface area contributed by atoms with Crippen LogP contribution in [0.15, 0.2) is 23.2 Å². The van der Waals surface area contributed by atoms with Crippen LogP contribution in [0.3, 0.4) is 0 Å². The van der Waals surface area contributed by atoms with E-state index in [1.807, 2.05) is 6.07 Å². The van der Waals surface area contributed by atoms with E-state index in [1.165, 1.54) is 0 Å². The molecule has 0 saturated carbocycles. The zero-order valence-electron chi connectivity index (χ0n) is 12.0. The Hall–Kier alpha value is -2.90. The van der Waals surface area contributed by atoms with E-state index in [2.05, 4.69) is 4.99 Å². The first-order valence-corrected chi connectivity index (χ1v) is 6.61. The summed E-state index contributed by atoms with van der Waals surface area (Å²) in [4.78, 5) is 43.7. The van der Waals surface area contributed by atoms with Gasteiger partial charge in [0, 0.05) is 12.8 Å². The third kappa shape index (κ3) is 3.60. The fourth-order valence-electron chi connectivity index (χ4n) is 2.05. The Kier molecular flexibility index (Phi) is 4.40. The largest absolute Gasteiger partial charge is 0.370 e. The van der Waals surface area contributed by atoms with Gasteiger partial charge in [-0.05, 0) is 30.2 Å². The number of aryl methyl sites for hydroxylation is 1. The average Bonchev–Trinajstić information content (AvgIpc) is 2.76. The molecule has 0 atom stereocenters. The molecule has 1 aliphatic heterocycles. The zero-order valence-corrected chi connectivity index (χ0v) is 12.0. The number of amides is 2. The Balaban J connectivity index is 2.17. The van der Waals surface area contributed by atoms with Gasteiger partial charge in [-0.3, -0.25) is 9.59 Å². The Morgan fingerprint density at radius 1 is 1.23 bits per heavy atom. The first kappa shape index (κ1) is 15.5. The number of hydrogen-bond donors (Lipinski definition) is 2. The van der Waals surface area contributed by atoms with Crippen LogP contribution in [0.5, 0.6) is 0 Å². The van der Waals surface area contributed by atoms with Crippen LogP contribution in [-0.2, 0) is 21.0 Å². The van der Waals surface area contributed by atoms with E-state index in [1.54, 1.807) is 19.1 Å². The summed E-state index contributed by atoms with van der Waals surface area (Å²) in [6.45, 7) is 2.01. The van der Waals surface area contributed by atoms with Crippen molar-refractivity contribution in [2.24, 2.45) is 16.5 Å². The first-order valence-electron chi connectivity index (χ1n) is 6.61. The fraction of sp³-hybridized carbons (Fsp3) is 0.286. The molecule has 1 heterocycles. The van der Waals surface area contributed by atoms with Crippen LogP contribution in [0.4, 0.5) is 0 Å². The molecule has 0 unspecified atom stereocenters. The van der Waals surface area contributed by atoms with Crippen molar-refractivity contribution in [1.82, 2.24) is 5.06 Å². The second-order valence-electron chi connectivity index (χ2n) is 4.91. The number of aliphatic imine (C=N–C) groups is 1. The predicted molar refractivity (Wildman–Crippen MR) is 77.2 cm³/mol. The number of guanidine groups is 1. The molecule has 1 aromatic carbocycles. The number of benzene rings is 1. The number of nitrogens with two attached hydrogens (primary N) is 2. The summed E-state index contributed by atoms with van der Waals surface area (Å²) in [6, 6.07) is 4.95. The van der Waals surface area contributed by atoms with Crippen LogP contribution in [0.25, 0.3) is 0 Å². The summed E-state index contributed by atoms with van der Waals surface area (Å²) in [5, 5.41) is 0.514. The van der Waals surface area contributed by atoms with Crippen molar-refractivity contribution in [1.29, 1.82) is 0 Å². The van der Waals surface area contributed by atoms with Crippen molar-refractivity contribution >= 4 is 23.7 Å². The van der Waals surface area contributed by atoms with Gasteiger partial charge < -0.3 is 16.3 Å². The molecule has 8 heteroatoms. The number of hydroxylamine groups is 2. The van der Waals surface area contributed by atoms with Crippen molar-refractivity contribution in [2.75, 3.05) is 0 Å². The molecule has 0 radical (unpaired) electrons. The van der Waals surface area contributed by atoms with E-state index in [-0.39, 0.29) is 30.9 Å². The summed E-state index contributed by atoms with van der Waals surface area (Å²) in [6.07, 6.45) is 0.103. The zero-order chi connectivity index (χ0) is 16.3. The van der Waals surface area contributed by atoms with Crippen LogP contribution in [0.2, 0.25) is 0 Å². The number of carbonyl (C=O) groups is 3. The summed E-state index contributed by atoms with van der Waals surface area (Å²) in [5.74, 6) is -1.88. The molecule has 1 aliphatic rings. The Labute approximate surface area is 126 Å². The molecule has 22 heavy (non-hydrogen) atoms. The summed E-state index contributed by atoms with van der Waals surface area (Å²) < 4.78 is 0. The number of imide groups is 1. The maximum Gasteiger partial charge on any atom is 0.363 e. The average molecular weight is 304 g/mol. The Morgan fingerprint density at radius 3 is 2.45 bits per heavy atom. The molecule has 1 saturated heterocycles. The highest BCUT2D eigenvalue weighted by Crippen LogP contribution is 2.16. The molecule has 1 aromatic rings. The lowest BCUT2D eigenvalue weighted by Gasteiger charge is -2.13. The molecule has 2 amide bonds. The summed E-state index contributed by atoms with van der Waals surface area (Å²) in [5.41, 5.74) is 12.3.